The third-order valence-corrected chi connectivity index (χ3v) is 4.50. The van der Waals surface area contributed by atoms with Gasteiger partial charge in [-0.25, -0.2) is 9.97 Å². The highest BCUT2D eigenvalue weighted by Crippen LogP contribution is 2.23. The molecule has 138 valence electrons. The number of nitrogens with one attached hydrogen (secondary N) is 1. The molecule has 1 aromatic heterocycles. The Morgan fingerprint density at radius 3 is 2.26 bits per heavy atom. The molecule has 0 radical (unpaired) electrons. The first-order valence-corrected chi connectivity index (χ1v) is 9.14. The van der Waals surface area contributed by atoms with Crippen LogP contribution in [0.5, 0.6) is 0 Å². The topological polar surface area (TPSA) is 80.9 Å². The number of hydrogen-bond acceptors (Lipinski definition) is 4. The molecule has 1 atom stereocenters. The maximum atomic E-state index is 12.3. The zero-order chi connectivity index (χ0) is 19.2. The first kappa shape index (κ1) is 19.3. The lowest BCUT2D eigenvalue weighted by Crippen LogP contribution is -2.36. The molecule has 3 aromatic rings. The van der Waals surface area contributed by atoms with Crippen LogP contribution in [-0.2, 0) is 11.2 Å². The number of anilines is 1. The summed E-state index contributed by atoms with van der Waals surface area (Å²) in [6, 6.07) is 12.3. The minimum atomic E-state index is -0.634. The highest BCUT2D eigenvalue weighted by atomic mass is 35.5. The lowest BCUT2D eigenvalue weighted by atomic mass is 10.0. The molecule has 27 heavy (non-hydrogen) atoms. The summed E-state index contributed by atoms with van der Waals surface area (Å²) in [5, 5.41) is 3.65. The van der Waals surface area contributed by atoms with E-state index >= 15 is 0 Å². The van der Waals surface area contributed by atoms with E-state index in [0.717, 1.165) is 16.7 Å². The molecule has 3 rings (SSSR count). The second-order valence-electron chi connectivity index (χ2n) is 6.12. The van der Waals surface area contributed by atoms with Gasteiger partial charge in [-0.15, -0.1) is 0 Å². The van der Waals surface area contributed by atoms with Crippen LogP contribution in [0.15, 0.2) is 61.2 Å². The summed E-state index contributed by atoms with van der Waals surface area (Å²) in [7, 11) is 0. The predicted molar refractivity (Wildman–Crippen MR) is 109 cm³/mol. The zero-order valence-electron chi connectivity index (χ0n) is 14.4. The van der Waals surface area contributed by atoms with Crippen LogP contribution in [0.4, 0.5) is 5.69 Å². The molecule has 0 unspecified atom stereocenters. The largest absolute Gasteiger partial charge is 0.325 e. The number of rotatable bonds is 6. The van der Waals surface area contributed by atoms with Gasteiger partial charge < -0.3 is 11.1 Å². The molecule has 1 heterocycles. The minimum Gasteiger partial charge on any atom is -0.325 e. The van der Waals surface area contributed by atoms with Crippen molar-refractivity contribution in [2.75, 3.05) is 5.32 Å². The molecule has 0 saturated carbocycles. The molecule has 2 aromatic carbocycles. The maximum absolute atomic E-state index is 12.3. The van der Waals surface area contributed by atoms with Gasteiger partial charge >= 0.3 is 0 Å². The summed E-state index contributed by atoms with van der Waals surface area (Å²) >= 11 is 11.9. The van der Waals surface area contributed by atoms with E-state index in [1.807, 2.05) is 24.3 Å². The number of nitrogens with zero attached hydrogens (tertiary/aromatic N) is 2. The van der Waals surface area contributed by atoms with Crippen LogP contribution >= 0.6 is 23.2 Å². The average molecular weight is 401 g/mol. The molecular formula is C20H18Cl2N4O. The van der Waals surface area contributed by atoms with E-state index in [-0.39, 0.29) is 5.91 Å². The Morgan fingerprint density at radius 1 is 1.00 bits per heavy atom. The normalized spacial score (nSPS) is 11.8. The van der Waals surface area contributed by atoms with Crippen LogP contribution < -0.4 is 11.1 Å². The van der Waals surface area contributed by atoms with Gasteiger partial charge in [0.2, 0.25) is 5.91 Å². The van der Waals surface area contributed by atoms with E-state index in [2.05, 4.69) is 15.3 Å². The van der Waals surface area contributed by atoms with E-state index < -0.39 is 6.04 Å². The zero-order valence-corrected chi connectivity index (χ0v) is 15.9. The van der Waals surface area contributed by atoms with Crippen molar-refractivity contribution in [2.24, 2.45) is 5.73 Å². The van der Waals surface area contributed by atoms with E-state index in [9.17, 15) is 4.79 Å². The highest BCUT2D eigenvalue weighted by molar-refractivity contribution is 6.35. The Balaban J connectivity index is 1.55. The average Bonchev–Trinajstić information content (AvgIpc) is 2.66. The van der Waals surface area contributed by atoms with Crippen LogP contribution in [0.3, 0.4) is 0 Å². The SMILES string of the molecule is N[C@@H](CCc1ccc(-c2cncnc2)cc1)C(=O)Nc1cc(Cl)cc(Cl)c1. The monoisotopic (exact) mass is 400 g/mol. The molecule has 0 spiro atoms. The molecule has 0 aliphatic rings. The Morgan fingerprint density at radius 2 is 1.63 bits per heavy atom. The smallest absolute Gasteiger partial charge is 0.241 e. The van der Waals surface area contributed by atoms with Crippen LogP contribution in [0.25, 0.3) is 11.1 Å². The molecule has 5 nitrogen and oxygen atoms in total. The first-order valence-electron chi connectivity index (χ1n) is 8.38. The number of amides is 1. The third-order valence-electron chi connectivity index (χ3n) is 4.06. The number of carbonyl (C=O) groups is 1. The number of halogens is 2. The van der Waals surface area contributed by atoms with Crippen LogP contribution in [0, 0.1) is 0 Å². The van der Waals surface area contributed by atoms with Gasteiger partial charge in [0.25, 0.3) is 0 Å². The Kier molecular flexibility index (Phi) is 6.40. The molecule has 0 bridgehead atoms. The molecule has 0 aliphatic carbocycles. The van der Waals surface area contributed by atoms with Gasteiger partial charge in [-0.05, 0) is 42.2 Å². The highest BCUT2D eigenvalue weighted by Gasteiger charge is 2.14. The quantitative estimate of drug-likeness (QED) is 0.644. The number of aromatic nitrogens is 2. The third kappa shape index (κ3) is 5.50. The minimum absolute atomic E-state index is 0.272. The predicted octanol–water partition coefficient (Wildman–Crippen LogP) is 4.35. The van der Waals surface area contributed by atoms with Gasteiger partial charge in [-0.2, -0.15) is 0 Å². The van der Waals surface area contributed by atoms with Crippen LogP contribution in [0.1, 0.15) is 12.0 Å². The van der Waals surface area contributed by atoms with Crippen molar-refractivity contribution in [2.45, 2.75) is 18.9 Å². The van der Waals surface area contributed by atoms with Gasteiger partial charge in [-0.3, -0.25) is 4.79 Å². The number of aryl methyl sites for hydroxylation is 1. The van der Waals surface area contributed by atoms with E-state index in [0.29, 0.717) is 28.6 Å². The molecule has 0 saturated heterocycles. The fraction of sp³-hybridized carbons (Fsp3) is 0.150. The molecule has 0 fully saturated rings. The van der Waals surface area contributed by atoms with Crippen molar-refractivity contribution >= 4 is 34.8 Å². The summed E-state index contributed by atoms with van der Waals surface area (Å²) in [5.74, 6) is -0.272. The van der Waals surface area contributed by atoms with Gasteiger partial charge in [0.1, 0.15) is 6.33 Å². The van der Waals surface area contributed by atoms with Crippen molar-refractivity contribution in [1.82, 2.24) is 9.97 Å². The Labute approximate surface area is 167 Å². The van der Waals surface area contributed by atoms with Gasteiger partial charge in [0, 0.05) is 33.7 Å². The van der Waals surface area contributed by atoms with Gasteiger partial charge in [0.05, 0.1) is 6.04 Å². The summed E-state index contributed by atoms with van der Waals surface area (Å²) in [5.41, 5.74) is 9.65. The molecule has 3 N–H and O–H groups in total. The fourth-order valence-corrected chi connectivity index (χ4v) is 3.15. The number of hydrogen-bond donors (Lipinski definition) is 2. The van der Waals surface area contributed by atoms with Gasteiger partial charge in [0.15, 0.2) is 0 Å². The second-order valence-corrected chi connectivity index (χ2v) is 6.99. The molecular weight excluding hydrogens is 383 g/mol. The number of carbonyl (C=O) groups excluding carboxylic acids is 1. The summed E-state index contributed by atoms with van der Waals surface area (Å²) in [6.45, 7) is 0. The number of nitrogens with two attached hydrogens (primary N) is 1. The Hall–Kier alpha value is -2.47. The first-order chi connectivity index (χ1) is 13.0. The van der Waals surface area contributed by atoms with Crippen molar-refractivity contribution < 1.29 is 4.79 Å². The van der Waals surface area contributed by atoms with Crippen LogP contribution in [-0.4, -0.2) is 21.9 Å². The second kappa shape index (κ2) is 8.95. The number of benzene rings is 2. The van der Waals surface area contributed by atoms with Crippen molar-refractivity contribution in [3.63, 3.8) is 0 Å². The standard InChI is InChI=1S/C20H18Cl2N4O/c21-16-7-17(22)9-18(8-16)26-20(27)19(23)6-3-13-1-4-14(5-2-13)15-10-24-12-25-11-15/h1-2,4-5,7-12,19H,3,6,23H2,(H,26,27)/t19-/m0/s1. The van der Waals surface area contributed by atoms with Crippen LogP contribution in [0.2, 0.25) is 10.0 Å². The lowest BCUT2D eigenvalue weighted by Gasteiger charge is -2.13. The Bertz CT molecular complexity index is 897. The van der Waals surface area contributed by atoms with Crippen molar-refractivity contribution in [3.05, 3.63) is 76.8 Å². The van der Waals surface area contributed by atoms with Gasteiger partial charge in [-0.1, -0.05) is 47.5 Å². The summed E-state index contributed by atoms with van der Waals surface area (Å²) in [6.07, 6.45) is 6.25. The van der Waals surface area contributed by atoms with Crippen molar-refractivity contribution in [3.8, 4) is 11.1 Å². The summed E-state index contributed by atoms with van der Waals surface area (Å²) < 4.78 is 0. The molecule has 1 amide bonds. The van der Waals surface area contributed by atoms with Crippen molar-refractivity contribution in [1.29, 1.82) is 0 Å². The fourth-order valence-electron chi connectivity index (χ4n) is 2.63. The lowest BCUT2D eigenvalue weighted by molar-refractivity contribution is -0.117. The maximum Gasteiger partial charge on any atom is 0.241 e. The molecule has 0 aliphatic heterocycles. The van der Waals surface area contributed by atoms with E-state index in [1.54, 1.807) is 30.6 Å². The van der Waals surface area contributed by atoms with E-state index in [4.69, 9.17) is 28.9 Å². The molecule has 7 heteroatoms. The summed E-state index contributed by atoms with van der Waals surface area (Å²) in [4.78, 5) is 20.3. The van der Waals surface area contributed by atoms with E-state index in [1.165, 1.54) is 6.33 Å².